The topological polar surface area (TPSA) is 81.7 Å². The predicted molar refractivity (Wildman–Crippen MR) is 135 cm³/mol. The molecule has 0 fully saturated rings. The molecule has 0 spiro atoms. The van der Waals surface area contributed by atoms with Gasteiger partial charge in [0.25, 0.3) is 0 Å². The molecule has 0 saturated carbocycles. The van der Waals surface area contributed by atoms with Crippen LogP contribution in [0.15, 0.2) is 69.7 Å². The van der Waals surface area contributed by atoms with Crippen molar-refractivity contribution < 1.29 is 23.9 Å². The third-order valence-corrected chi connectivity index (χ3v) is 7.25. The number of rotatable bonds is 8. The summed E-state index contributed by atoms with van der Waals surface area (Å²) in [6, 6.07) is 11.6. The van der Waals surface area contributed by atoms with Gasteiger partial charge in [0.15, 0.2) is 5.78 Å². The van der Waals surface area contributed by atoms with Gasteiger partial charge in [-0.25, -0.2) is 4.79 Å². The molecule has 3 atom stereocenters. The van der Waals surface area contributed by atoms with Crippen LogP contribution in [0.1, 0.15) is 63.0 Å². The van der Waals surface area contributed by atoms with Gasteiger partial charge in [-0.2, -0.15) is 11.3 Å². The van der Waals surface area contributed by atoms with Crippen molar-refractivity contribution in [2.45, 2.75) is 51.9 Å². The minimum atomic E-state index is -0.977. The minimum absolute atomic E-state index is 0.191. The third-order valence-electron chi connectivity index (χ3n) is 6.54. The zero-order chi connectivity index (χ0) is 24.9. The van der Waals surface area contributed by atoms with Crippen LogP contribution in [0.3, 0.4) is 0 Å². The van der Waals surface area contributed by atoms with E-state index in [1.807, 2.05) is 47.2 Å². The quantitative estimate of drug-likeness (QED) is 0.400. The van der Waals surface area contributed by atoms with E-state index in [4.69, 9.17) is 9.47 Å². The largest absolute Gasteiger partial charge is 0.465 e. The number of nitrogens with one attached hydrogen (secondary N) is 1. The van der Waals surface area contributed by atoms with E-state index in [1.165, 1.54) is 11.3 Å². The lowest BCUT2D eigenvalue weighted by atomic mass is 9.67. The molecule has 1 aromatic carbocycles. The first-order valence-electron chi connectivity index (χ1n) is 12.2. The predicted octanol–water partition coefficient (Wildman–Crippen LogP) is 5.24. The number of dihydropyridines is 1. The van der Waals surface area contributed by atoms with Gasteiger partial charge in [-0.3, -0.25) is 9.59 Å². The van der Waals surface area contributed by atoms with Crippen molar-refractivity contribution in [3.05, 3.63) is 80.8 Å². The Balaban J connectivity index is 1.89. The monoisotopic (exact) mass is 493 g/mol. The van der Waals surface area contributed by atoms with E-state index < -0.39 is 23.8 Å². The van der Waals surface area contributed by atoms with Gasteiger partial charge in [-0.05, 0) is 54.6 Å². The molecule has 2 heterocycles. The van der Waals surface area contributed by atoms with Crippen molar-refractivity contribution >= 4 is 29.1 Å². The van der Waals surface area contributed by atoms with Gasteiger partial charge >= 0.3 is 11.9 Å². The molecular formula is C28H31NO5S. The average molecular weight is 494 g/mol. The van der Waals surface area contributed by atoms with Crippen molar-refractivity contribution in [3.8, 4) is 0 Å². The van der Waals surface area contributed by atoms with Crippen LogP contribution in [-0.2, 0) is 23.9 Å². The number of Topliss-reactive ketones (excluding diaryl/α,β-unsaturated/α-hetero) is 1. The van der Waals surface area contributed by atoms with Gasteiger partial charge in [0, 0.05) is 28.8 Å². The highest BCUT2D eigenvalue weighted by molar-refractivity contribution is 7.08. The number of hydrogen-bond donors (Lipinski definition) is 1. The number of carbonyl (C=O) groups excluding carboxylic acids is 3. The zero-order valence-corrected chi connectivity index (χ0v) is 21.2. The molecule has 2 aromatic rings. The van der Waals surface area contributed by atoms with Gasteiger partial charge in [0.2, 0.25) is 0 Å². The Labute approximate surface area is 210 Å². The molecule has 184 valence electrons. The fourth-order valence-corrected chi connectivity index (χ4v) is 5.82. The molecule has 0 bridgehead atoms. The van der Waals surface area contributed by atoms with E-state index in [1.54, 1.807) is 13.8 Å². The molecule has 1 aliphatic carbocycles. The lowest BCUT2D eigenvalue weighted by Gasteiger charge is -2.39. The molecular weight excluding hydrogens is 462 g/mol. The van der Waals surface area contributed by atoms with Gasteiger partial charge in [-0.1, -0.05) is 43.7 Å². The second-order valence-corrected chi connectivity index (χ2v) is 9.46. The molecule has 35 heavy (non-hydrogen) atoms. The van der Waals surface area contributed by atoms with E-state index >= 15 is 0 Å². The van der Waals surface area contributed by atoms with Crippen molar-refractivity contribution in [1.82, 2.24) is 5.32 Å². The van der Waals surface area contributed by atoms with Crippen LogP contribution >= 0.6 is 11.3 Å². The third kappa shape index (κ3) is 4.82. The normalized spacial score (nSPS) is 21.9. The van der Waals surface area contributed by atoms with Crippen LogP contribution in [0.4, 0.5) is 0 Å². The highest BCUT2D eigenvalue weighted by Crippen LogP contribution is 2.48. The van der Waals surface area contributed by atoms with Crippen LogP contribution in [0.25, 0.3) is 0 Å². The number of ether oxygens (including phenoxy) is 2. The SMILES string of the molecule is CCCC1=C(C(=O)OCC)[C@H](c2ccsc2)C2=C(C[C@@H](c3ccccc3)[C@H](C(=O)OCC)C2=O)N1. The Morgan fingerprint density at radius 1 is 1.03 bits per heavy atom. The van der Waals surface area contributed by atoms with E-state index in [0.717, 1.165) is 28.9 Å². The highest BCUT2D eigenvalue weighted by atomic mass is 32.1. The summed E-state index contributed by atoms with van der Waals surface area (Å²) in [5.74, 6) is -3.17. The molecule has 7 heteroatoms. The Bertz CT molecular complexity index is 1150. The number of esters is 2. The van der Waals surface area contributed by atoms with Crippen LogP contribution < -0.4 is 5.32 Å². The Kier molecular flexibility index (Phi) is 7.86. The summed E-state index contributed by atoms with van der Waals surface area (Å²) >= 11 is 1.51. The second-order valence-electron chi connectivity index (χ2n) is 8.68. The maximum Gasteiger partial charge on any atom is 0.336 e. The molecule has 6 nitrogen and oxygen atoms in total. The smallest absolute Gasteiger partial charge is 0.336 e. The molecule has 4 rings (SSSR count). The number of ketones is 1. The van der Waals surface area contributed by atoms with Crippen molar-refractivity contribution in [3.63, 3.8) is 0 Å². The summed E-state index contributed by atoms with van der Waals surface area (Å²) in [6.45, 7) is 5.99. The number of benzene rings is 1. The van der Waals surface area contributed by atoms with Gasteiger partial charge in [0.1, 0.15) is 5.92 Å². The van der Waals surface area contributed by atoms with E-state index in [0.29, 0.717) is 24.0 Å². The van der Waals surface area contributed by atoms with E-state index in [9.17, 15) is 14.4 Å². The van der Waals surface area contributed by atoms with Crippen LogP contribution in [0.2, 0.25) is 0 Å². The Hall–Kier alpha value is -3.19. The number of carbonyl (C=O) groups is 3. The summed E-state index contributed by atoms with van der Waals surface area (Å²) < 4.78 is 10.8. The first-order chi connectivity index (χ1) is 17.0. The summed E-state index contributed by atoms with van der Waals surface area (Å²) in [7, 11) is 0. The van der Waals surface area contributed by atoms with Crippen LogP contribution in [0, 0.1) is 5.92 Å². The maximum absolute atomic E-state index is 14.2. The summed E-state index contributed by atoms with van der Waals surface area (Å²) in [5, 5.41) is 7.34. The Morgan fingerprint density at radius 3 is 2.40 bits per heavy atom. The fraction of sp³-hybridized carbons (Fsp3) is 0.393. The van der Waals surface area contributed by atoms with E-state index in [2.05, 4.69) is 12.2 Å². The molecule has 0 radical (unpaired) electrons. The lowest BCUT2D eigenvalue weighted by Crippen LogP contribution is -2.43. The number of thiophene rings is 1. The minimum Gasteiger partial charge on any atom is -0.465 e. The first kappa shape index (κ1) is 24.9. The number of allylic oxidation sites excluding steroid dienone is 3. The van der Waals surface area contributed by atoms with Crippen molar-refractivity contribution in [2.24, 2.45) is 5.92 Å². The fourth-order valence-electron chi connectivity index (χ4n) is 5.13. The van der Waals surface area contributed by atoms with Crippen LogP contribution in [0.5, 0.6) is 0 Å². The van der Waals surface area contributed by atoms with Gasteiger partial charge in [-0.15, -0.1) is 0 Å². The standard InChI is InChI=1S/C28H31NO5S/c1-4-10-20-25(28(32)34-6-3)22(18-13-14-35-16-18)24-21(29-20)15-19(17-11-8-7-9-12-17)23(26(24)30)27(31)33-5-2/h7-9,11-14,16,19,22-23,29H,4-6,10,15H2,1-3H3/t19-,22+,23-/m0/s1. The van der Waals surface area contributed by atoms with Gasteiger partial charge < -0.3 is 14.8 Å². The first-order valence-corrected chi connectivity index (χ1v) is 13.1. The zero-order valence-electron chi connectivity index (χ0n) is 20.3. The van der Waals surface area contributed by atoms with Crippen molar-refractivity contribution in [1.29, 1.82) is 0 Å². The second kappa shape index (κ2) is 11.0. The molecule has 0 unspecified atom stereocenters. The van der Waals surface area contributed by atoms with Gasteiger partial charge in [0.05, 0.1) is 18.8 Å². The highest BCUT2D eigenvalue weighted by Gasteiger charge is 2.49. The molecule has 0 amide bonds. The summed E-state index contributed by atoms with van der Waals surface area (Å²) in [5.41, 5.74) is 4.26. The maximum atomic E-state index is 14.2. The molecule has 0 saturated heterocycles. The van der Waals surface area contributed by atoms with E-state index in [-0.39, 0.29) is 24.9 Å². The average Bonchev–Trinajstić information content (AvgIpc) is 3.39. The lowest BCUT2D eigenvalue weighted by molar-refractivity contribution is -0.152. The summed E-state index contributed by atoms with van der Waals surface area (Å²) in [4.78, 5) is 40.6. The molecule has 2 aliphatic rings. The molecule has 1 aromatic heterocycles. The molecule has 1 aliphatic heterocycles. The van der Waals surface area contributed by atoms with Crippen molar-refractivity contribution in [2.75, 3.05) is 13.2 Å². The Morgan fingerprint density at radius 2 is 1.77 bits per heavy atom. The summed E-state index contributed by atoms with van der Waals surface area (Å²) in [6.07, 6.45) is 1.95. The van der Waals surface area contributed by atoms with Crippen LogP contribution in [-0.4, -0.2) is 30.9 Å². The molecule has 1 N–H and O–H groups in total. The number of hydrogen-bond acceptors (Lipinski definition) is 7.